The summed E-state index contributed by atoms with van der Waals surface area (Å²) in [6.45, 7) is 6.11. The molecule has 96 valence electrons. The molecule has 17 heavy (non-hydrogen) atoms. The number of aliphatic hydroxyl groups excluding tert-OH is 1. The molecular formula is C11H21N5O. The molecule has 5 N–H and O–H groups in total. The number of anilines is 2. The van der Waals surface area contributed by atoms with Crippen molar-refractivity contribution < 1.29 is 5.11 Å². The van der Waals surface area contributed by atoms with Crippen LogP contribution in [0, 0.1) is 0 Å². The number of hydrogen-bond donors (Lipinski definition) is 4. The summed E-state index contributed by atoms with van der Waals surface area (Å²) in [5.41, 5.74) is 2.52. The number of nitrogens with one attached hydrogen (secondary N) is 2. The summed E-state index contributed by atoms with van der Waals surface area (Å²) in [6.07, 6.45) is 0.822. The molecule has 0 aliphatic rings. The minimum absolute atomic E-state index is 0.00413. The first-order valence-electron chi connectivity index (χ1n) is 5.83. The molecule has 0 fully saturated rings. The number of aliphatic hydroxyl groups is 1. The second-order valence-corrected chi connectivity index (χ2v) is 4.23. The lowest BCUT2D eigenvalue weighted by molar-refractivity contribution is 0.271. The van der Waals surface area contributed by atoms with Crippen molar-refractivity contribution in [1.29, 1.82) is 0 Å². The van der Waals surface area contributed by atoms with Crippen LogP contribution in [0.1, 0.15) is 38.9 Å². The van der Waals surface area contributed by atoms with E-state index in [2.05, 4.69) is 20.7 Å². The molecule has 1 rings (SSSR count). The van der Waals surface area contributed by atoms with Crippen molar-refractivity contribution in [3.05, 3.63) is 11.9 Å². The van der Waals surface area contributed by atoms with Crippen LogP contribution < -0.4 is 16.6 Å². The third-order valence-corrected chi connectivity index (χ3v) is 2.47. The highest BCUT2D eigenvalue weighted by molar-refractivity contribution is 5.47. The summed E-state index contributed by atoms with van der Waals surface area (Å²) in [7, 11) is 0. The molecule has 0 radical (unpaired) electrons. The normalized spacial score (nSPS) is 12.6. The van der Waals surface area contributed by atoms with Gasteiger partial charge in [0.1, 0.15) is 17.5 Å². The first-order valence-corrected chi connectivity index (χ1v) is 5.83. The van der Waals surface area contributed by atoms with E-state index in [-0.39, 0.29) is 18.6 Å². The van der Waals surface area contributed by atoms with Gasteiger partial charge < -0.3 is 15.8 Å². The Morgan fingerprint density at radius 2 is 2.00 bits per heavy atom. The van der Waals surface area contributed by atoms with Crippen LogP contribution in [-0.2, 0) is 0 Å². The van der Waals surface area contributed by atoms with E-state index in [1.807, 2.05) is 20.8 Å². The number of rotatable bonds is 6. The molecule has 1 heterocycles. The van der Waals surface area contributed by atoms with Crippen molar-refractivity contribution in [2.24, 2.45) is 5.84 Å². The largest absolute Gasteiger partial charge is 0.394 e. The van der Waals surface area contributed by atoms with Crippen LogP contribution in [0.3, 0.4) is 0 Å². The van der Waals surface area contributed by atoms with Crippen molar-refractivity contribution in [2.45, 2.75) is 39.2 Å². The van der Waals surface area contributed by atoms with E-state index in [9.17, 15) is 0 Å². The van der Waals surface area contributed by atoms with E-state index in [1.54, 1.807) is 6.07 Å². The van der Waals surface area contributed by atoms with Gasteiger partial charge in [0.15, 0.2) is 0 Å². The Bertz CT molecular complexity index is 352. The molecule has 0 aliphatic heterocycles. The van der Waals surface area contributed by atoms with Crippen molar-refractivity contribution in [2.75, 3.05) is 17.3 Å². The van der Waals surface area contributed by atoms with E-state index in [1.165, 1.54) is 0 Å². The van der Waals surface area contributed by atoms with Crippen LogP contribution in [-0.4, -0.2) is 27.7 Å². The maximum atomic E-state index is 9.15. The summed E-state index contributed by atoms with van der Waals surface area (Å²) in [4.78, 5) is 8.65. The summed E-state index contributed by atoms with van der Waals surface area (Å²) >= 11 is 0. The smallest absolute Gasteiger partial charge is 0.145 e. The van der Waals surface area contributed by atoms with Crippen LogP contribution in [0.25, 0.3) is 0 Å². The Kier molecular flexibility index (Phi) is 5.11. The monoisotopic (exact) mass is 239 g/mol. The summed E-state index contributed by atoms with van der Waals surface area (Å²) < 4.78 is 0. The fourth-order valence-corrected chi connectivity index (χ4v) is 1.36. The number of hydrazine groups is 1. The summed E-state index contributed by atoms with van der Waals surface area (Å²) in [5, 5.41) is 12.3. The van der Waals surface area contributed by atoms with Crippen LogP contribution in [0.5, 0.6) is 0 Å². The van der Waals surface area contributed by atoms with Gasteiger partial charge in [-0.05, 0) is 6.42 Å². The van der Waals surface area contributed by atoms with Crippen molar-refractivity contribution in [3.63, 3.8) is 0 Å². The van der Waals surface area contributed by atoms with Gasteiger partial charge in [0.2, 0.25) is 0 Å². The molecule has 0 amide bonds. The third-order valence-electron chi connectivity index (χ3n) is 2.47. The van der Waals surface area contributed by atoms with Crippen molar-refractivity contribution in [3.8, 4) is 0 Å². The molecular weight excluding hydrogens is 218 g/mol. The number of hydrogen-bond acceptors (Lipinski definition) is 6. The predicted molar refractivity (Wildman–Crippen MR) is 68.7 cm³/mol. The molecule has 0 spiro atoms. The van der Waals surface area contributed by atoms with Crippen molar-refractivity contribution >= 4 is 11.6 Å². The average molecular weight is 239 g/mol. The van der Waals surface area contributed by atoms with Gasteiger partial charge in [-0.15, -0.1) is 0 Å². The molecule has 6 heteroatoms. The molecule has 0 saturated carbocycles. The zero-order valence-corrected chi connectivity index (χ0v) is 10.6. The third kappa shape index (κ3) is 3.83. The van der Waals surface area contributed by atoms with Crippen LogP contribution >= 0.6 is 0 Å². The molecule has 0 aromatic carbocycles. The maximum absolute atomic E-state index is 9.15. The van der Waals surface area contributed by atoms with E-state index in [0.717, 1.165) is 12.2 Å². The molecule has 6 nitrogen and oxygen atoms in total. The lowest BCUT2D eigenvalue weighted by Gasteiger charge is -2.16. The Labute approximate surface area is 102 Å². The van der Waals surface area contributed by atoms with Gasteiger partial charge in [-0.3, -0.25) is 0 Å². The molecule has 1 atom stereocenters. The molecule has 0 aliphatic carbocycles. The Hall–Kier alpha value is -1.40. The topological polar surface area (TPSA) is 96.1 Å². The van der Waals surface area contributed by atoms with Gasteiger partial charge in [0.05, 0.1) is 12.6 Å². The van der Waals surface area contributed by atoms with Crippen LogP contribution in [0.2, 0.25) is 0 Å². The molecule has 1 aromatic rings. The number of aromatic nitrogens is 2. The molecule has 0 bridgehead atoms. The Morgan fingerprint density at radius 1 is 1.35 bits per heavy atom. The Balaban J connectivity index is 2.94. The Morgan fingerprint density at radius 3 is 2.47 bits per heavy atom. The van der Waals surface area contributed by atoms with Gasteiger partial charge in [0, 0.05) is 12.0 Å². The van der Waals surface area contributed by atoms with Crippen molar-refractivity contribution in [1.82, 2.24) is 9.97 Å². The zero-order valence-electron chi connectivity index (χ0n) is 10.6. The molecule has 0 saturated heterocycles. The minimum Gasteiger partial charge on any atom is -0.394 e. The zero-order chi connectivity index (χ0) is 12.8. The van der Waals surface area contributed by atoms with E-state index in [4.69, 9.17) is 10.9 Å². The van der Waals surface area contributed by atoms with Gasteiger partial charge in [-0.2, -0.15) is 0 Å². The summed E-state index contributed by atoms with van der Waals surface area (Å²) in [6, 6.07) is 1.72. The van der Waals surface area contributed by atoms with Gasteiger partial charge >= 0.3 is 0 Å². The molecule has 1 unspecified atom stereocenters. The van der Waals surface area contributed by atoms with E-state index < -0.39 is 0 Å². The lowest BCUT2D eigenvalue weighted by atomic mass is 10.2. The second kappa shape index (κ2) is 6.36. The van der Waals surface area contributed by atoms with Gasteiger partial charge in [-0.1, -0.05) is 20.8 Å². The second-order valence-electron chi connectivity index (χ2n) is 4.23. The van der Waals surface area contributed by atoms with E-state index in [0.29, 0.717) is 11.6 Å². The highest BCUT2D eigenvalue weighted by Gasteiger charge is 2.10. The standard InChI is InChI=1S/C11H21N5O/c1-4-8(6-17)13-9-5-10(16-12)15-11(14-9)7(2)3/h5,7-8,17H,4,6,12H2,1-3H3,(H2,13,14,15,16). The summed E-state index contributed by atoms with van der Waals surface area (Å²) in [5.74, 6) is 7.55. The fourth-order valence-electron chi connectivity index (χ4n) is 1.36. The quantitative estimate of drug-likeness (QED) is 0.438. The minimum atomic E-state index is -0.00413. The van der Waals surface area contributed by atoms with E-state index >= 15 is 0 Å². The number of nitrogens with two attached hydrogens (primary N) is 1. The first-order chi connectivity index (χ1) is 8.10. The van der Waals surface area contributed by atoms with Crippen LogP contribution in [0.15, 0.2) is 6.07 Å². The van der Waals surface area contributed by atoms with Gasteiger partial charge in [-0.25, -0.2) is 15.8 Å². The highest BCUT2D eigenvalue weighted by Crippen LogP contribution is 2.17. The number of nitrogen functional groups attached to an aromatic ring is 1. The fraction of sp³-hybridized carbons (Fsp3) is 0.636. The lowest BCUT2D eigenvalue weighted by Crippen LogP contribution is -2.24. The molecule has 1 aromatic heterocycles. The van der Waals surface area contributed by atoms with Gasteiger partial charge in [0.25, 0.3) is 0 Å². The predicted octanol–water partition coefficient (Wildman–Crippen LogP) is 1.07. The first kappa shape index (κ1) is 13.7. The SMILES string of the molecule is CCC(CO)Nc1cc(NN)nc(C(C)C)n1. The average Bonchev–Trinajstić information content (AvgIpc) is 2.35. The maximum Gasteiger partial charge on any atom is 0.145 e. The van der Waals surface area contributed by atoms with Crippen LogP contribution in [0.4, 0.5) is 11.6 Å². The number of nitrogens with zero attached hydrogens (tertiary/aromatic N) is 2. The highest BCUT2D eigenvalue weighted by atomic mass is 16.3.